The van der Waals surface area contributed by atoms with Crippen molar-refractivity contribution in [1.82, 2.24) is 5.32 Å². The highest BCUT2D eigenvalue weighted by atomic mass is 19.4. The van der Waals surface area contributed by atoms with Crippen LogP contribution in [0.1, 0.15) is 26.5 Å². The van der Waals surface area contributed by atoms with E-state index in [-0.39, 0.29) is 35.8 Å². The molecular formula is C21H17F3N4O5. The third kappa shape index (κ3) is 5.87. The van der Waals surface area contributed by atoms with Crippen LogP contribution in [-0.2, 0) is 6.18 Å². The summed E-state index contributed by atoms with van der Waals surface area (Å²) >= 11 is 0. The zero-order valence-electron chi connectivity index (χ0n) is 16.8. The van der Waals surface area contributed by atoms with Gasteiger partial charge in [0.15, 0.2) is 5.76 Å². The Morgan fingerprint density at radius 1 is 0.970 bits per heavy atom. The Morgan fingerprint density at radius 3 is 2.39 bits per heavy atom. The van der Waals surface area contributed by atoms with E-state index >= 15 is 0 Å². The summed E-state index contributed by atoms with van der Waals surface area (Å²) in [6.07, 6.45) is -3.38. The third-order valence-corrected chi connectivity index (χ3v) is 4.41. The average molecular weight is 462 g/mol. The molecule has 172 valence electrons. The SMILES string of the molecule is O=C(Nc1ccccc1C(=O)NCCNc1ccc(C(F)(F)F)cc1[N+](=O)[O-])c1ccco1. The number of nitro benzene ring substituents is 1. The van der Waals surface area contributed by atoms with E-state index in [1.54, 1.807) is 18.2 Å². The van der Waals surface area contributed by atoms with E-state index in [1.807, 2.05) is 0 Å². The van der Waals surface area contributed by atoms with Gasteiger partial charge in [0.25, 0.3) is 17.5 Å². The molecular weight excluding hydrogens is 445 g/mol. The zero-order chi connectivity index (χ0) is 24.0. The summed E-state index contributed by atoms with van der Waals surface area (Å²) in [4.78, 5) is 34.9. The minimum absolute atomic E-state index is 0.00113. The van der Waals surface area contributed by atoms with Gasteiger partial charge in [0.2, 0.25) is 0 Å². The number of amides is 2. The van der Waals surface area contributed by atoms with Gasteiger partial charge in [0.1, 0.15) is 5.69 Å². The first-order valence-corrected chi connectivity index (χ1v) is 9.48. The Balaban J connectivity index is 1.60. The lowest BCUT2D eigenvalue weighted by Gasteiger charge is -2.12. The van der Waals surface area contributed by atoms with Crippen LogP contribution in [0.15, 0.2) is 65.3 Å². The van der Waals surface area contributed by atoms with Crippen LogP contribution >= 0.6 is 0 Å². The van der Waals surface area contributed by atoms with Crippen molar-refractivity contribution in [2.24, 2.45) is 0 Å². The molecule has 0 saturated carbocycles. The van der Waals surface area contributed by atoms with Crippen molar-refractivity contribution in [1.29, 1.82) is 0 Å². The number of alkyl halides is 3. The molecule has 0 fully saturated rings. The second kappa shape index (κ2) is 9.85. The summed E-state index contributed by atoms with van der Waals surface area (Å²) in [6, 6.07) is 11.4. The summed E-state index contributed by atoms with van der Waals surface area (Å²) in [5, 5.41) is 18.9. The lowest BCUT2D eigenvalue weighted by Crippen LogP contribution is -2.29. The van der Waals surface area contributed by atoms with Crippen LogP contribution in [0.3, 0.4) is 0 Å². The Labute approximate surface area is 184 Å². The monoisotopic (exact) mass is 462 g/mol. The van der Waals surface area contributed by atoms with Gasteiger partial charge in [0.05, 0.1) is 28.0 Å². The molecule has 0 radical (unpaired) electrons. The molecule has 1 aromatic heterocycles. The number of nitrogens with zero attached hydrogens (tertiary/aromatic N) is 1. The number of furan rings is 1. The minimum atomic E-state index is -4.71. The second-order valence-electron chi connectivity index (χ2n) is 6.65. The fraction of sp³-hybridized carbons (Fsp3) is 0.143. The average Bonchev–Trinajstić information content (AvgIpc) is 3.31. The molecule has 3 rings (SSSR count). The highest BCUT2D eigenvalue weighted by Gasteiger charge is 2.33. The predicted octanol–water partition coefficient (Wildman–Crippen LogP) is 4.30. The smallest absolute Gasteiger partial charge is 0.416 e. The van der Waals surface area contributed by atoms with Crippen LogP contribution in [-0.4, -0.2) is 29.8 Å². The summed E-state index contributed by atoms with van der Waals surface area (Å²) in [7, 11) is 0. The molecule has 0 unspecified atom stereocenters. The van der Waals surface area contributed by atoms with E-state index in [0.717, 1.165) is 12.1 Å². The number of para-hydroxylation sites is 1. The quantitative estimate of drug-likeness (QED) is 0.260. The van der Waals surface area contributed by atoms with E-state index in [1.165, 1.54) is 24.5 Å². The van der Waals surface area contributed by atoms with Gasteiger partial charge >= 0.3 is 6.18 Å². The molecule has 0 spiro atoms. The van der Waals surface area contributed by atoms with Gasteiger partial charge in [-0.1, -0.05) is 12.1 Å². The second-order valence-corrected chi connectivity index (χ2v) is 6.65. The maximum Gasteiger partial charge on any atom is 0.416 e. The third-order valence-electron chi connectivity index (χ3n) is 4.41. The number of rotatable bonds is 8. The van der Waals surface area contributed by atoms with E-state index in [4.69, 9.17) is 4.42 Å². The lowest BCUT2D eigenvalue weighted by molar-refractivity contribution is -0.384. The number of hydrogen-bond donors (Lipinski definition) is 3. The first-order chi connectivity index (χ1) is 15.7. The largest absolute Gasteiger partial charge is 0.459 e. The van der Waals surface area contributed by atoms with Crippen molar-refractivity contribution >= 4 is 28.9 Å². The van der Waals surface area contributed by atoms with Gasteiger partial charge < -0.3 is 20.4 Å². The number of benzene rings is 2. The van der Waals surface area contributed by atoms with Crippen molar-refractivity contribution in [3.05, 3.63) is 87.9 Å². The molecule has 0 bridgehead atoms. The zero-order valence-corrected chi connectivity index (χ0v) is 16.8. The van der Waals surface area contributed by atoms with Crippen LogP contribution < -0.4 is 16.0 Å². The van der Waals surface area contributed by atoms with Crippen LogP contribution in [0.5, 0.6) is 0 Å². The molecule has 0 aliphatic carbocycles. The van der Waals surface area contributed by atoms with Crippen LogP contribution in [0.4, 0.5) is 30.2 Å². The number of carbonyl (C=O) groups is 2. The molecule has 33 heavy (non-hydrogen) atoms. The molecule has 12 heteroatoms. The van der Waals surface area contributed by atoms with E-state index < -0.39 is 34.2 Å². The van der Waals surface area contributed by atoms with Crippen LogP contribution in [0, 0.1) is 10.1 Å². The van der Waals surface area contributed by atoms with Gasteiger partial charge in [-0.15, -0.1) is 0 Å². The lowest BCUT2D eigenvalue weighted by atomic mass is 10.1. The summed E-state index contributed by atoms with van der Waals surface area (Å²) in [5.74, 6) is -1.02. The Bertz CT molecular complexity index is 1160. The number of hydrogen-bond acceptors (Lipinski definition) is 6. The molecule has 9 nitrogen and oxygen atoms in total. The standard InChI is InChI=1S/C21H17F3N4O5/c22-21(23,24)13-7-8-16(17(12-13)28(31)32)25-9-10-26-19(29)14-4-1-2-5-15(14)27-20(30)18-6-3-11-33-18/h1-8,11-12,25H,9-10H2,(H,26,29)(H,27,30). The molecule has 1 heterocycles. The number of nitro groups is 1. The number of halogens is 3. The molecule has 2 aromatic carbocycles. The first kappa shape index (κ1) is 23.3. The van der Waals surface area contributed by atoms with Crippen molar-refractivity contribution in [2.45, 2.75) is 6.18 Å². The normalized spacial score (nSPS) is 11.0. The van der Waals surface area contributed by atoms with Crippen LogP contribution in [0.2, 0.25) is 0 Å². The molecule has 0 saturated heterocycles. The predicted molar refractivity (Wildman–Crippen MR) is 112 cm³/mol. The fourth-order valence-corrected chi connectivity index (χ4v) is 2.86. The van der Waals surface area contributed by atoms with E-state index in [0.29, 0.717) is 6.07 Å². The highest BCUT2D eigenvalue weighted by molar-refractivity contribution is 6.07. The van der Waals surface area contributed by atoms with Gasteiger partial charge in [-0.3, -0.25) is 19.7 Å². The van der Waals surface area contributed by atoms with E-state index in [9.17, 15) is 32.9 Å². The fourth-order valence-electron chi connectivity index (χ4n) is 2.86. The van der Waals surface area contributed by atoms with Gasteiger partial charge in [-0.25, -0.2) is 0 Å². The van der Waals surface area contributed by atoms with E-state index in [2.05, 4.69) is 16.0 Å². The van der Waals surface area contributed by atoms with Gasteiger partial charge in [-0.2, -0.15) is 13.2 Å². The van der Waals surface area contributed by atoms with Crippen molar-refractivity contribution < 1.29 is 32.1 Å². The topological polar surface area (TPSA) is 127 Å². The maximum atomic E-state index is 12.8. The molecule has 0 aliphatic rings. The Kier molecular flexibility index (Phi) is 6.96. The summed E-state index contributed by atoms with van der Waals surface area (Å²) in [6.45, 7) is -0.00363. The Hall–Kier alpha value is -4.35. The first-order valence-electron chi connectivity index (χ1n) is 9.48. The van der Waals surface area contributed by atoms with Gasteiger partial charge in [-0.05, 0) is 36.4 Å². The molecule has 3 aromatic rings. The Morgan fingerprint density at radius 2 is 1.73 bits per heavy atom. The molecule has 3 N–H and O–H groups in total. The summed E-state index contributed by atoms with van der Waals surface area (Å²) in [5.41, 5.74) is -1.59. The summed E-state index contributed by atoms with van der Waals surface area (Å²) < 4.78 is 43.4. The minimum Gasteiger partial charge on any atom is -0.459 e. The highest BCUT2D eigenvalue weighted by Crippen LogP contribution is 2.34. The molecule has 0 atom stereocenters. The van der Waals surface area contributed by atoms with Crippen molar-refractivity contribution in [2.75, 3.05) is 23.7 Å². The van der Waals surface area contributed by atoms with Crippen molar-refractivity contribution in [3.63, 3.8) is 0 Å². The van der Waals surface area contributed by atoms with Crippen LogP contribution in [0.25, 0.3) is 0 Å². The maximum absolute atomic E-state index is 12.8. The number of nitrogens with one attached hydrogen (secondary N) is 3. The van der Waals surface area contributed by atoms with Crippen molar-refractivity contribution in [3.8, 4) is 0 Å². The number of carbonyl (C=O) groups excluding carboxylic acids is 2. The van der Waals surface area contributed by atoms with Gasteiger partial charge in [0, 0.05) is 19.2 Å². The molecule has 2 amide bonds. The molecule has 0 aliphatic heterocycles. The number of anilines is 2.